The third kappa shape index (κ3) is 12.5. The zero-order valence-corrected chi connectivity index (χ0v) is 35.5. The molecule has 20 heteroatoms. The van der Waals surface area contributed by atoms with Gasteiger partial charge in [0.25, 0.3) is 11.4 Å². The number of epoxide rings is 1. The Labute approximate surface area is 382 Å². The average molecular weight is 953 g/mol. The van der Waals surface area contributed by atoms with Gasteiger partial charge in [0.2, 0.25) is 0 Å². The van der Waals surface area contributed by atoms with Gasteiger partial charge in [-0.05, 0) is 80.9 Å². The Hall–Kier alpha value is -7.00. The van der Waals surface area contributed by atoms with Gasteiger partial charge in [0.15, 0.2) is 23.1 Å². The van der Waals surface area contributed by atoms with E-state index in [0.717, 1.165) is 71.7 Å². The molecule has 2 atom stereocenters. The van der Waals surface area contributed by atoms with Gasteiger partial charge >= 0.3 is 12.4 Å². The number of nitrogens with zero attached hydrogens (tertiary/aromatic N) is 3. The van der Waals surface area contributed by atoms with Crippen molar-refractivity contribution in [3.8, 4) is 33.8 Å². The standard InChI is InChI=1S/C24H20F4N2O4.C15H12F3N.C9H8FNO4/c25-22-10-18(30(32)33)7-8-23(22)34-14-19(31)13-29-11-16-6-5-15(9-17(16)12-29)20-3-1-2-4-21(20)24(26,27)28;16-15(17,18)14-4-2-1-3-13(14)10-5-6-11-8-19-9-12(11)7-10;10-8-3-6(11(12)13)1-2-9(8)15-5-7-4-14-7/h1-10,19,31H,11-14H2;1-7,19H,8-9H2;1-3,7H,4-5H2. The lowest BCUT2D eigenvalue weighted by Crippen LogP contribution is -2.32. The van der Waals surface area contributed by atoms with Crippen LogP contribution in [0.2, 0.25) is 0 Å². The van der Waals surface area contributed by atoms with Gasteiger partial charge in [-0.25, -0.2) is 8.78 Å². The molecule has 0 aromatic heterocycles. The molecule has 12 nitrogen and oxygen atoms in total. The number of β-amino-alcohol motifs (C(OH)–C–C–N with tert-alkyl or cyclic N) is 1. The highest BCUT2D eigenvalue weighted by molar-refractivity contribution is 5.70. The topological polar surface area (TPSA) is 153 Å². The van der Waals surface area contributed by atoms with Crippen molar-refractivity contribution >= 4 is 11.4 Å². The quantitative estimate of drug-likeness (QED) is 0.0525. The first-order valence-corrected chi connectivity index (χ1v) is 20.8. The van der Waals surface area contributed by atoms with Gasteiger partial charge in [0.05, 0.1) is 39.7 Å². The van der Waals surface area contributed by atoms with Gasteiger partial charge in [-0.15, -0.1) is 0 Å². The monoisotopic (exact) mass is 952 g/mol. The summed E-state index contributed by atoms with van der Waals surface area (Å²) >= 11 is 0. The Kier molecular flexibility index (Phi) is 15.0. The number of alkyl halides is 6. The van der Waals surface area contributed by atoms with Crippen LogP contribution in [0.3, 0.4) is 0 Å². The van der Waals surface area contributed by atoms with Gasteiger partial charge in [0.1, 0.15) is 25.4 Å². The maximum absolute atomic E-state index is 13.9. The Morgan fingerprint density at radius 2 is 1.15 bits per heavy atom. The largest absolute Gasteiger partial charge is 0.488 e. The van der Waals surface area contributed by atoms with Gasteiger partial charge in [0, 0.05) is 44.9 Å². The van der Waals surface area contributed by atoms with Crippen LogP contribution in [0.1, 0.15) is 33.4 Å². The minimum atomic E-state index is -4.46. The Morgan fingerprint density at radius 3 is 1.66 bits per heavy atom. The Morgan fingerprint density at radius 1 is 0.662 bits per heavy atom. The van der Waals surface area contributed by atoms with Crippen LogP contribution in [-0.4, -0.2) is 58.4 Å². The molecule has 3 aliphatic rings. The summed E-state index contributed by atoms with van der Waals surface area (Å²) < 4.78 is 122. The van der Waals surface area contributed by atoms with E-state index in [9.17, 15) is 60.5 Å². The molecule has 68 heavy (non-hydrogen) atoms. The number of halogens is 8. The van der Waals surface area contributed by atoms with E-state index in [1.54, 1.807) is 36.4 Å². The molecule has 0 amide bonds. The molecule has 2 unspecified atom stereocenters. The Bertz CT molecular complexity index is 2790. The molecule has 0 bridgehead atoms. The summed E-state index contributed by atoms with van der Waals surface area (Å²) in [4.78, 5) is 21.5. The van der Waals surface area contributed by atoms with E-state index in [2.05, 4.69) is 5.32 Å². The van der Waals surface area contributed by atoms with Crippen molar-refractivity contribution < 1.29 is 64.3 Å². The normalized spacial score (nSPS) is 15.5. The minimum absolute atomic E-state index is 0.0103. The number of fused-ring (bicyclic) bond motifs is 2. The van der Waals surface area contributed by atoms with Crippen LogP contribution in [0.5, 0.6) is 11.5 Å². The second-order valence-electron chi connectivity index (χ2n) is 15.8. The third-order valence-electron chi connectivity index (χ3n) is 10.9. The lowest BCUT2D eigenvalue weighted by Gasteiger charge is -2.19. The van der Waals surface area contributed by atoms with E-state index in [1.807, 2.05) is 17.0 Å². The van der Waals surface area contributed by atoms with Crippen LogP contribution in [0.4, 0.5) is 46.5 Å². The van der Waals surface area contributed by atoms with Crippen molar-refractivity contribution in [1.82, 2.24) is 10.2 Å². The molecule has 3 heterocycles. The van der Waals surface area contributed by atoms with E-state index in [-0.39, 0.29) is 54.2 Å². The number of nitro groups is 2. The van der Waals surface area contributed by atoms with Gasteiger partial charge in [-0.3, -0.25) is 25.1 Å². The molecule has 0 saturated carbocycles. The molecule has 3 aliphatic heterocycles. The highest BCUT2D eigenvalue weighted by atomic mass is 19.4. The molecule has 356 valence electrons. The van der Waals surface area contributed by atoms with E-state index in [1.165, 1.54) is 36.4 Å². The molecule has 6 aromatic rings. The Balaban J connectivity index is 0.000000168. The van der Waals surface area contributed by atoms with Crippen molar-refractivity contribution in [3.63, 3.8) is 0 Å². The number of ether oxygens (including phenoxy) is 3. The number of nitro benzene ring substituents is 2. The minimum Gasteiger partial charge on any atom is -0.488 e. The van der Waals surface area contributed by atoms with E-state index in [0.29, 0.717) is 30.8 Å². The summed E-state index contributed by atoms with van der Waals surface area (Å²) in [6, 6.07) is 28.1. The number of aliphatic hydroxyl groups excluding tert-OH is 1. The summed E-state index contributed by atoms with van der Waals surface area (Å²) in [7, 11) is 0. The van der Waals surface area contributed by atoms with Crippen LogP contribution >= 0.6 is 0 Å². The number of aliphatic hydroxyl groups is 1. The van der Waals surface area contributed by atoms with Gasteiger partial charge in [-0.1, -0.05) is 60.7 Å². The summed E-state index contributed by atoms with van der Waals surface area (Å²) in [5, 5.41) is 34.5. The second-order valence-corrected chi connectivity index (χ2v) is 15.8. The van der Waals surface area contributed by atoms with Crippen molar-refractivity contribution in [2.24, 2.45) is 0 Å². The van der Waals surface area contributed by atoms with E-state index >= 15 is 0 Å². The predicted octanol–water partition coefficient (Wildman–Crippen LogP) is 10.7. The molecule has 1 fully saturated rings. The number of nitrogens with one attached hydrogen (secondary N) is 1. The van der Waals surface area contributed by atoms with Crippen molar-refractivity contribution in [1.29, 1.82) is 0 Å². The van der Waals surface area contributed by atoms with Crippen LogP contribution in [-0.2, 0) is 43.3 Å². The maximum atomic E-state index is 13.9. The fraction of sp³-hybridized carbons (Fsp3) is 0.250. The summed E-state index contributed by atoms with van der Waals surface area (Å²) in [6.07, 6.45) is -9.74. The molecule has 6 aromatic carbocycles. The fourth-order valence-corrected chi connectivity index (χ4v) is 7.51. The summed E-state index contributed by atoms with van der Waals surface area (Å²) in [6.45, 7) is 3.29. The predicted molar refractivity (Wildman–Crippen MR) is 231 cm³/mol. The highest BCUT2D eigenvalue weighted by Crippen LogP contribution is 2.40. The third-order valence-corrected chi connectivity index (χ3v) is 10.9. The number of benzene rings is 6. The molecule has 0 aliphatic carbocycles. The average Bonchev–Trinajstić information content (AvgIpc) is 3.86. The summed E-state index contributed by atoms with van der Waals surface area (Å²) in [5.74, 6) is -1.83. The molecular weight excluding hydrogens is 913 g/mol. The van der Waals surface area contributed by atoms with Crippen molar-refractivity contribution in [2.45, 2.75) is 50.7 Å². The number of rotatable bonds is 12. The van der Waals surface area contributed by atoms with Gasteiger partial charge in [-0.2, -0.15) is 26.3 Å². The number of hydrogen-bond donors (Lipinski definition) is 2. The number of hydrogen-bond acceptors (Lipinski definition) is 10. The van der Waals surface area contributed by atoms with Crippen molar-refractivity contribution in [2.75, 3.05) is 26.4 Å². The zero-order chi connectivity index (χ0) is 48.8. The fourth-order valence-electron chi connectivity index (χ4n) is 7.51. The molecular formula is C48H40F8N4O8. The molecule has 0 spiro atoms. The van der Waals surface area contributed by atoms with Crippen LogP contribution in [0.15, 0.2) is 121 Å². The second kappa shape index (κ2) is 20.9. The first kappa shape index (κ1) is 48.9. The smallest absolute Gasteiger partial charge is 0.417 e. The van der Waals surface area contributed by atoms with Crippen molar-refractivity contribution in [3.05, 3.63) is 187 Å². The highest BCUT2D eigenvalue weighted by Gasteiger charge is 2.35. The SMILES string of the molecule is FC(F)(F)c1ccccc1-c1ccc2c(c1)CNC2.O=[N+]([O-])c1ccc(OCC(O)CN2Cc3ccc(-c4ccccc4C(F)(F)F)cc3C2)c(F)c1.O=[N+]([O-])c1ccc(OCC2CO2)c(F)c1. The summed E-state index contributed by atoms with van der Waals surface area (Å²) in [5.41, 5.74) is 3.51. The zero-order valence-electron chi connectivity index (χ0n) is 35.5. The van der Waals surface area contributed by atoms with Crippen LogP contribution in [0, 0.1) is 31.9 Å². The molecule has 0 radical (unpaired) electrons. The van der Waals surface area contributed by atoms with Crippen LogP contribution in [0.25, 0.3) is 22.3 Å². The number of non-ortho nitro benzene ring substituents is 2. The first-order chi connectivity index (χ1) is 32.3. The van der Waals surface area contributed by atoms with E-state index < -0.39 is 56.8 Å². The van der Waals surface area contributed by atoms with E-state index in [4.69, 9.17) is 14.2 Å². The maximum Gasteiger partial charge on any atom is 0.417 e. The van der Waals surface area contributed by atoms with Gasteiger partial charge < -0.3 is 24.6 Å². The lowest BCUT2D eigenvalue weighted by atomic mass is 9.96. The molecule has 9 rings (SSSR count). The first-order valence-electron chi connectivity index (χ1n) is 20.8. The van der Waals surface area contributed by atoms with Crippen LogP contribution < -0.4 is 14.8 Å². The molecule has 2 N–H and O–H groups in total. The molecule has 1 saturated heterocycles. The lowest BCUT2D eigenvalue weighted by molar-refractivity contribution is -0.385.